The van der Waals surface area contributed by atoms with E-state index in [1.165, 1.54) is 0 Å². The highest BCUT2D eigenvalue weighted by molar-refractivity contribution is 4.90. The van der Waals surface area contributed by atoms with Gasteiger partial charge in [0.05, 0.1) is 5.60 Å². The number of hydrogen-bond acceptors (Lipinski definition) is 2. The molecule has 0 aromatic heterocycles. The Kier molecular flexibility index (Phi) is 2.55. The van der Waals surface area contributed by atoms with E-state index in [9.17, 15) is 5.11 Å². The molecule has 0 aromatic carbocycles. The Morgan fingerprint density at radius 3 is 2.55 bits per heavy atom. The average molecular weight is 157 g/mol. The molecule has 1 aliphatic rings. The van der Waals surface area contributed by atoms with E-state index in [1.807, 2.05) is 0 Å². The number of rotatable bonds is 1. The fourth-order valence-electron chi connectivity index (χ4n) is 1.85. The molecule has 0 unspecified atom stereocenters. The minimum atomic E-state index is -0.475. The van der Waals surface area contributed by atoms with Gasteiger partial charge in [0.15, 0.2) is 0 Å². The molecule has 0 heterocycles. The van der Waals surface area contributed by atoms with Gasteiger partial charge in [0.25, 0.3) is 0 Å². The van der Waals surface area contributed by atoms with Crippen LogP contribution in [0.25, 0.3) is 0 Å². The molecule has 0 aromatic rings. The molecule has 0 spiro atoms. The van der Waals surface area contributed by atoms with Crippen LogP contribution in [0.3, 0.4) is 0 Å². The Hall–Kier alpha value is -0.0800. The summed E-state index contributed by atoms with van der Waals surface area (Å²) in [5, 5.41) is 10.0. The Bertz CT molecular complexity index is 136. The van der Waals surface area contributed by atoms with Crippen molar-refractivity contribution in [2.45, 2.75) is 51.2 Å². The van der Waals surface area contributed by atoms with Gasteiger partial charge in [0.1, 0.15) is 0 Å². The summed E-state index contributed by atoms with van der Waals surface area (Å²) >= 11 is 0. The second-order valence-corrected chi connectivity index (χ2v) is 4.11. The van der Waals surface area contributed by atoms with Crippen LogP contribution in [-0.4, -0.2) is 16.7 Å². The molecule has 1 fully saturated rings. The molecule has 11 heavy (non-hydrogen) atoms. The van der Waals surface area contributed by atoms with Gasteiger partial charge in [-0.05, 0) is 31.6 Å². The standard InChI is InChI=1S/C9H19NO/c1-7(2)9(11)5-3-4-8(10)6-9/h7-8,11H,3-6,10H2,1-2H3/t8-,9+/m0/s1. The molecule has 0 amide bonds. The summed E-state index contributed by atoms with van der Waals surface area (Å²) in [7, 11) is 0. The van der Waals surface area contributed by atoms with E-state index in [2.05, 4.69) is 13.8 Å². The highest BCUT2D eigenvalue weighted by Crippen LogP contribution is 2.33. The Morgan fingerprint density at radius 2 is 2.18 bits per heavy atom. The fourth-order valence-corrected chi connectivity index (χ4v) is 1.85. The van der Waals surface area contributed by atoms with Gasteiger partial charge < -0.3 is 10.8 Å². The lowest BCUT2D eigenvalue weighted by molar-refractivity contribution is -0.0422. The topological polar surface area (TPSA) is 46.2 Å². The minimum absolute atomic E-state index is 0.219. The Morgan fingerprint density at radius 1 is 1.55 bits per heavy atom. The van der Waals surface area contributed by atoms with Crippen molar-refractivity contribution in [1.29, 1.82) is 0 Å². The first-order chi connectivity index (χ1) is 5.04. The first-order valence-electron chi connectivity index (χ1n) is 4.52. The van der Waals surface area contributed by atoms with Gasteiger partial charge in [-0.1, -0.05) is 13.8 Å². The number of nitrogens with two attached hydrogens (primary N) is 1. The normalized spacial score (nSPS) is 39.5. The lowest BCUT2D eigenvalue weighted by Gasteiger charge is -2.38. The van der Waals surface area contributed by atoms with Crippen molar-refractivity contribution in [2.75, 3.05) is 0 Å². The monoisotopic (exact) mass is 157 g/mol. The maximum absolute atomic E-state index is 10.0. The first kappa shape index (κ1) is 9.01. The van der Waals surface area contributed by atoms with Crippen LogP contribution in [0, 0.1) is 5.92 Å². The van der Waals surface area contributed by atoms with Gasteiger partial charge in [-0.2, -0.15) is 0 Å². The molecular formula is C9H19NO. The summed E-state index contributed by atoms with van der Waals surface area (Å²) in [6, 6.07) is 0.219. The molecule has 0 aliphatic heterocycles. The summed E-state index contributed by atoms with van der Waals surface area (Å²) in [5.41, 5.74) is 5.31. The summed E-state index contributed by atoms with van der Waals surface area (Å²) in [6.07, 6.45) is 3.87. The Balaban J connectivity index is 2.55. The third-order valence-corrected chi connectivity index (χ3v) is 2.87. The van der Waals surface area contributed by atoms with Crippen molar-refractivity contribution in [3.8, 4) is 0 Å². The van der Waals surface area contributed by atoms with Crippen molar-refractivity contribution in [2.24, 2.45) is 11.7 Å². The number of aliphatic hydroxyl groups is 1. The van der Waals surface area contributed by atoms with Crippen LogP contribution in [-0.2, 0) is 0 Å². The van der Waals surface area contributed by atoms with E-state index in [1.54, 1.807) is 0 Å². The predicted octanol–water partition coefficient (Wildman–Crippen LogP) is 1.27. The van der Waals surface area contributed by atoms with E-state index in [0.717, 1.165) is 25.7 Å². The molecule has 0 bridgehead atoms. The van der Waals surface area contributed by atoms with Gasteiger partial charge in [-0.15, -0.1) is 0 Å². The van der Waals surface area contributed by atoms with Crippen LogP contribution >= 0.6 is 0 Å². The first-order valence-corrected chi connectivity index (χ1v) is 4.52. The van der Waals surface area contributed by atoms with Crippen LogP contribution in [0.5, 0.6) is 0 Å². The molecule has 1 rings (SSSR count). The summed E-state index contributed by atoms with van der Waals surface area (Å²) < 4.78 is 0. The predicted molar refractivity (Wildman–Crippen MR) is 46.2 cm³/mol. The molecule has 3 N–H and O–H groups in total. The largest absolute Gasteiger partial charge is 0.390 e. The molecule has 2 nitrogen and oxygen atoms in total. The summed E-state index contributed by atoms with van der Waals surface area (Å²) in [5.74, 6) is 0.342. The van der Waals surface area contributed by atoms with Crippen molar-refractivity contribution in [3.05, 3.63) is 0 Å². The van der Waals surface area contributed by atoms with E-state index in [4.69, 9.17) is 5.73 Å². The molecule has 0 saturated heterocycles. The Labute approximate surface area is 68.8 Å². The quantitative estimate of drug-likeness (QED) is 0.602. The molecule has 1 aliphatic carbocycles. The van der Waals surface area contributed by atoms with E-state index in [-0.39, 0.29) is 6.04 Å². The highest BCUT2D eigenvalue weighted by Gasteiger charge is 2.35. The minimum Gasteiger partial charge on any atom is -0.390 e. The zero-order chi connectivity index (χ0) is 8.48. The van der Waals surface area contributed by atoms with E-state index < -0.39 is 5.60 Å². The summed E-state index contributed by atoms with van der Waals surface area (Å²) in [4.78, 5) is 0. The second kappa shape index (κ2) is 3.11. The second-order valence-electron chi connectivity index (χ2n) is 4.11. The molecular weight excluding hydrogens is 138 g/mol. The van der Waals surface area contributed by atoms with Gasteiger partial charge >= 0.3 is 0 Å². The zero-order valence-electron chi connectivity index (χ0n) is 7.51. The van der Waals surface area contributed by atoms with Crippen LogP contribution in [0.15, 0.2) is 0 Å². The molecule has 2 atom stereocenters. The van der Waals surface area contributed by atoms with Crippen LogP contribution < -0.4 is 5.73 Å². The lowest BCUT2D eigenvalue weighted by atomic mass is 9.75. The van der Waals surface area contributed by atoms with Crippen LogP contribution in [0.2, 0.25) is 0 Å². The smallest absolute Gasteiger partial charge is 0.0685 e. The fraction of sp³-hybridized carbons (Fsp3) is 1.00. The third-order valence-electron chi connectivity index (χ3n) is 2.87. The molecule has 66 valence electrons. The highest BCUT2D eigenvalue weighted by atomic mass is 16.3. The molecule has 2 heteroatoms. The van der Waals surface area contributed by atoms with Crippen LogP contribution in [0.4, 0.5) is 0 Å². The zero-order valence-corrected chi connectivity index (χ0v) is 7.51. The van der Waals surface area contributed by atoms with Crippen molar-refractivity contribution >= 4 is 0 Å². The van der Waals surface area contributed by atoms with Crippen molar-refractivity contribution in [1.82, 2.24) is 0 Å². The maximum atomic E-state index is 10.0. The SMILES string of the molecule is CC(C)[C@@]1(O)CCC[C@H](N)C1. The lowest BCUT2D eigenvalue weighted by Crippen LogP contribution is -2.44. The molecule has 0 radical (unpaired) electrons. The average Bonchev–Trinajstić information content (AvgIpc) is 1.86. The maximum Gasteiger partial charge on any atom is 0.0685 e. The third kappa shape index (κ3) is 1.94. The molecule has 1 saturated carbocycles. The van der Waals surface area contributed by atoms with E-state index in [0.29, 0.717) is 5.92 Å². The van der Waals surface area contributed by atoms with Crippen LogP contribution in [0.1, 0.15) is 39.5 Å². The van der Waals surface area contributed by atoms with E-state index >= 15 is 0 Å². The van der Waals surface area contributed by atoms with Gasteiger partial charge in [-0.25, -0.2) is 0 Å². The van der Waals surface area contributed by atoms with Gasteiger partial charge in [0.2, 0.25) is 0 Å². The van der Waals surface area contributed by atoms with Crippen molar-refractivity contribution < 1.29 is 5.11 Å². The number of hydrogen-bond donors (Lipinski definition) is 2. The van der Waals surface area contributed by atoms with Gasteiger partial charge in [0, 0.05) is 6.04 Å². The van der Waals surface area contributed by atoms with Gasteiger partial charge in [-0.3, -0.25) is 0 Å². The van der Waals surface area contributed by atoms with Crippen molar-refractivity contribution in [3.63, 3.8) is 0 Å². The summed E-state index contributed by atoms with van der Waals surface area (Å²) in [6.45, 7) is 4.14.